The summed E-state index contributed by atoms with van der Waals surface area (Å²) in [6.07, 6.45) is 0.327. The van der Waals surface area contributed by atoms with Gasteiger partial charge >= 0.3 is 0 Å². The molecule has 20 heavy (non-hydrogen) atoms. The van der Waals surface area contributed by atoms with Crippen LogP contribution in [0.2, 0.25) is 5.02 Å². The third-order valence-electron chi connectivity index (χ3n) is 2.85. The SMILES string of the molecule is CNc1ccc(Cl)cc1C(=O)N(CCC#N)CC(C)C. The number of amides is 1. The summed E-state index contributed by atoms with van der Waals surface area (Å²) in [7, 11) is 1.77. The van der Waals surface area contributed by atoms with Gasteiger partial charge in [-0.1, -0.05) is 25.4 Å². The van der Waals surface area contributed by atoms with E-state index < -0.39 is 0 Å². The van der Waals surface area contributed by atoms with Crippen molar-refractivity contribution in [1.29, 1.82) is 5.26 Å². The van der Waals surface area contributed by atoms with Gasteiger partial charge in [0.25, 0.3) is 5.91 Å². The summed E-state index contributed by atoms with van der Waals surface area (Å²) in [5.41, 5.74) is 1.28. The molecule has 0 spiro atoms. The third kappa shape index (κ3) is 4.43. The van der Waals surface area contributed by atoms with E-state index in [1.807, 2.05) is 13.8 Å². The molecule has 0 bridgehead atoms. The summed E-state index contributed by atoms with van der Waals surface area (Å²) in [4.78, 5) is 14.3. The fourth-order valence-corrected chi connectivity index (χ4v) is 2.16. The van der Waals surface area contributed by atoms with Gasteiger partial charge in [0.05, 0.1) is 18.1 Å². The number of nitrogens with zero attached hydrogens (tertiary/aromatic N) is 2. The molecule has 0 aliphatic heterocycles. The molecule has 0 heterocycles. The predicted molar refractivity (Wildman–Crippen MR) is 82.0 cm³/mol. The van der Waals surface area contributed by atoms with Gasteiger partial charge in [-0.25, -0.2) is 0 Å². The van der Waals surface area contributed by atoms with E-state index >= 15 is 0 Å². The van der Waals surface area contributed by atoms with Gasteiger partial charge in [-0.2, -0.15) is 5.26 Å². The van der Waals surface area contributed by atoms with Crippen molar-refractivity contribution in [1.82, 2.24) is 4.90 Å². The Morgan fingerprint density at radius 3 is 2.75 bits per heavy atom. The zero-order chi connectivity index (χ0) is 15.1. The zero-order valence-corrected chi connectivity index (χ0v) is 12.9. The highest BCUT2D eigenvalue weighted by atomic mass is 35.5. The Balaban J connectivity index is 3.04. The van der Waals surface area contributed by atoms with Crippen LogP contribution in [0.1, 0.15) is 30.6 Å². The molecule has 1 aromatic carbocycles. The highest BCUT2D eigenvalue weighted by Crippen LogP contribution is 2.22. The van der Waals surface area contributed by atoms with Crippen LogP contribution in [0.25, 0.3) is 0 Å². The van der Waals surface area contributed by atoms with Crippen LogP contribution in [0.3, 0.4) is 0 Å². The lowest BCUT2D eigenvalue weighted by Crippen LogP contribution is -2.35. The molecule has 0 unspecified atom stereocenters. The van der Waals surface area contributed by atoms with Crippen molar-refractivity contribution in [2.75, 3.05) is 25.5 Å². The molecule has 0 saturated heterocycles. The highest BCUT2D eigenvalue weighted by Gasteiger charge is 2.19. The number of hydrogen-bond donors (Lipinski definition) is 1. The van der Waals surface area contributed by atoms with Gasteiger partial charge in [0, 0.05) is 30.8 Å². The van der Waals surface area contributed by atoms with Crippen molar-refractivity contribution in [3.8, 4) is 6.07 Å². The molecule has 1 amide bonds. The fourth-order valence-electron chi connectivity index (χ4n) is 1.98. The first-order valence-electron chi connectivity index (χ1n) is 6.63. The number of rotatable bonds is 6. The first kappa shape index (κ1) is 16.3. The Morgan fingerprint density at radius 1 is 1.50 bits per heavy atom. The number of hydrogen-bond acceptors (Lipinski definition) is 3. The first-order chi connectivity index (χ1) is 9.49. The Bertz CT molecular complexity index is 508. The van der Waals surface area contributed by atoms with Gasteiger partial charge in [-0.05, 0) is 24.1 Å². The number of carbonyl (C=O) groups is 1. The van der Waals surface area contributed by atoms with Crippen LogP contribution in [-0.2, 0) is 0 Å². The molecule has 0 atom stereocenters. The maximum absolute atomic E-state index is 12.6. The average Bonchev–Trinajstić information content (AvgIpc) is 2.42. The molecule has 0 radical (unpaired) electrons. The van der Waals surface area contributed by atoms with Crippen molar-refractivity contribution < 1.29 is 4.79 Å². The summed E-state index contributed by atoms with van der Waals surface area (Å²) >= 11 is 5.98. The molecule has 1 N–H and O–H groups in total. The van der Waals surface area contributed by atoms with Gasteiger partial charge in [0.15, 0.2) is 0 Å². The van der Waals surface area contributed by atoms with Crippen LogP contribution in [0, 0.1) is 17.2 Å². The lowest BCUT2D eigenvalue weighted by Gasteiger charge is -2.24. The molecule has 0 aliphatic rings. The monoisotopic (exact) mass is 293 g/mol. The first-order valence-corrected chi connectivity index (χ1v) is 7.01. The van der Waals surface area contributed by atoms with E-state index in [0.717, 1.165) is 5.69 Å². The minimum absolute atomic E-state index is 0.0965. The Hall–Kier alpha value is -1.73. The molecule has 5 heteroatoms. The van der Waals surface area contributed by atoms with E-state index in [2.05, 4.69) is 11.4 Å². The molecule has 0 fully saturated rings. The lowest BCUT2D eigenvalue weighted by molar-refractivity contribution is 0.0741. The van der Waals surface area contributed by atoms with Crippen LogP contribution in [0.4, 0.5) is 5.69 Å². The number of nitriles is 1. The zero-order valence-electron chi connectivity index (χ0n) is 12.1. The number of anilines is 1. The normalized spacial score (nSPS) is 10.2. The summed E-state index contributed by atoms with van der Waals surface area (Å²) in [5.74, 6) is 0.246. The number of nitrogens with one attached hydrogen (secondary N) is 1. The molecule has 108 valence electrons. The summed E-state index contributed by atoms with van der Waals surface area (Å²) < 4.78 is 0. The molecule has 0 saturated carbocycles. The van der Waals surface area contributed by atoms with Gasteiger partial charge in [-0.15, -0.1) is 0 Å². The highest BCUT2D eigenvalue weighted by molar-refractivity contribution is 6.31. The van der Waals surface area contributed by atoms with Gasteiger partial charge < -0.3 is 10.2 Å². The number of halogens is 1. The van der Waals surface area contributed by atoms with Crippen LogP contribution < -0.4 is 5.32 Å². The Labute approximate surface area is 125 Å². The molecule has 1 rings (SSSR count). The third-order valence-corrected chi connectivity index (χ3v) is 3.08. The minimum atomic E-state index is -0.0965. The van der Waals surface area contributed by atoms with E-state index in [0.29, 0.717) is 36.0 Å². The van der Waals surface area contributed by atoms with E-state index in [1.165, 1.54) is 0 Å². The van der Waals surface area contributed by atoms with Crippen molar-refractivity contribution in [3.05, 3.63) is 28.8 Å². The van der Waals surface area contributed by atoms with E-state index in [-0.39, 0.29) is 5.91 Å². The maximum Gasteiger partial charge on any atom is 0.256 e. The molecule has 0 aromatic heterocycles. The standard InChI is InChI=1S/C15H20ClN3O/c1-11(2)10-19(8-4-7-17)15(20)13-9-12(16)5-6-14(13)18-3/h5-6,9,11,18H,4,8,10H2,1-3H3. The topological polar surface area (TPSA) is 56.1 Å². The van der Waals surface area contributed by atoms with Crippen molar-refractivity contribution in [2.24, 2.45) is 5.92 Å². The van der Waals surface area contributed by atoms with Crippen LogP contribution in [-0.4, -0.2) is 30.9 Å². The minimum Gasteiger partial charge on any atom is -0.387 e. The second-order valence-corrected chi connectivity index (χ2v) is 5.43. The molecule has 0 aliphatic carbocycles. The second-order valence-electron chi connectivity index (χ2n) is 4.99. The van der Waals surface area contributed by atoms with Crippen LogP contribution in [0.15, 0.2) is 18.2 Å². The summed E-state index contributed by atoms with van der Waals surface area (Å²) in [6, 6.07) is 7.27. The van der Waals surface area contributed by atoms with Crippen LogP contribution >= 0.6 is 11.6 Å². The Kier molecular flexibility index (Phi) is 6.33. The average molecular weight is 294 g/mol. The largest absolute Gasteiger partial charge is 0.387 e. The molecular formula is C15H20ClN3O. The fraction of sp³-hybridized carbons (Fsp3) is 0.467. The molecule has 1 aromatic rings. The lowest BCUT2D eigenvalue weighted by atomic mass is 10.1. The quantitative estimate of drug-likeness (QED) is 0.874. The number of benzene rings is 1. The smallest absolute Gasteiger partial charge is 0.256 e. The van der Waals surface area contributed by atoms with Gasteiger partial charge in [0.1, 0.15) is 0 Å². The van der Waals surface area contributed by atoms with E-state index in [9.17, 15) is 4.79 Å². The van der Waals surface area contributed by atoms with Crippen molar-refractivity contribution >= 4 is 23.2 Å². The molecule has 4 nitrogen and oxygen atoms in total. The second kappa shape index (κ2) is 7.76. The van der Waals surface area contributed by atoms with Crippen molar-refractivity contribution in [2.45, 2.75) is 20.3 Å². The Morgan fingerprint density at radius 2 is 2.20 bits per heavy atom. The van der Waals surface area contributed by atoms with Crippen LogP contribution in [0.5, 0.6) is 0 Å². The van der Waals surface area contributed by atoms with E-state index in [1.54, 1.807) is 30.1 Å². The predicted octanol–water partition coefficient (Wildman–Crippen LogP) is 3.39. The molecular weight excluding hydrogens is 274 g/mol. The van der Waals surface area contributed by atoms with Crippen molar-refractivity contribution in [3.63, 3.8) is 0 Å². The van der Waals surface area contributed by atoms with Gasteiger partial charge in [-0.3, -0.25) is 4.79 Å². The summed E-state index contributed by atoms with van der Waals surface area (Å²) in [5, 5.41) is 12.2. The maximum atomic E-state index is 12.6. The number of carbonyl (C=O) groups excluding carboxylic acids is 1. The van der Waals surface area contributed by atoms with Gasteiger partial charge in [0.2, 0.25) is 0 Å². The summed E-state index contributed by atoms with van der Waals surface area (Å²) in [6.45, 7) is 5.15. The van der Waals surface area contributed by atoms with E-state index in [4.69, 9.17) is 16.9 Å².